The molecule has 0 heterocycles. The highest BCUT2D eigenvalue weighted by Gasteiger charge is 2.37. The molecule has 2 aromatic carbocycles. The van der Waals surface area contributed by atoms with Crippen molar-refractivity contribution in [3.8, 4) is 0 Å². The average Bonchev–Trinajstić information content (AvgIpc) is 2.75. The average molecular weight is 418 g/mol. The maximum Gasteiger partial charge on any atom is 0.334 e. The van der Waals surface area contributed by atoms with Gasteiger partial charge in [0.05, 0.1) is 31.9 Å². The Morgan fingerprint density at radius 3 is 1.86 bits per heavy atom. The topological polar surface area (TPSA) is 61.8 Å². The van der Waals surface area contributed by atoms with Crippen LogP contribution < -0.4 is 0 Å². The zero-order valence-corrected chi connectivity index (χ0v) is 18.2. The molecule has 0 aliphatic rings. The third kappa shape index (κ3) is 8.14. The van der Waals surface area contributed by atoms with Crippen LogP contribution in [0.1, 0.15) is 50.7 Å². The molecule has 0 fully saturated rings. The SMILES string of the molecule is CCCCC(CC(=O)OCC)P(=O)(OCc1ccccc1)OCc1ccccc1. The highest BCUT2D eigenvalue weighted by Crippen LogP contribution is 2.57. The Hall–Kier alpha value is -1.94. The number of benzene rings is 2. The van der Waals surface area contributed by atoms with E-state index in [2.05, 4.69) is 6.92 Å². The molecular weight excluding hydrogens is 387 g/mol. The van der Waals surface area contributed by atoms with Crippen LogP contribution >= 0.6 is 7.60 Å². The van der Waals surface area contributed by atoms with E-state index in [0.29, 0.717) is 13.0 Å². The Balaban J connectivity index is 2.19. The second-order valence-electron chi connectivity index (χ2n) is 6.86. The molecular formula is C23H31O5P. The van der Waals surface area contributed by atoms with E-state index in [-0.39, 0.29) is 25.6 Å². The van der Waals surface area contributed by atoms with Gasteiger partial charge in [-0.05, 0) is 24.5 Å². The minimum atomic E-state index is -3.57. The van der Waals surface area contributed by atoms with Crippen molar-refractivity contribution in [3.05, 3.63) is 71.8 Å². The van der Waals surface area contributed by atoms with Gasteiger partial charge in [0, 0.05) is 0 Å². The number of carbonyl (C=O) groups excluding carboxylic acids is 1. The number of ether oxygens (including phenoxy) is 1. The number of hydrogen-bond acceptors (Lipinski definition) is 5. The Bertz CT molecular complexity index is 716. The predicted octanol–water partition coefficient (Wildman–Crippen LogP) is 6.13. The molecule has 0 aliphatic heterocycles. The minimum Gasteiger partial charge on any atom is -0.466 e. The first-order valence-corrected chi connectivity index (χ1v) is 11.8. The molecule has 2 rings (SSSR count). The second-order valence-corrected chi connectivity index (χ2v) is 9.19. The van der Waals surface area contributed by atoms with E-state index >= 15 is 0 Å². The first-order valence-electron chi connectivity index (χ1n) is 10.2. The van der Waals surface area contributed by atoms with E-state index in [1.165, 1.54) is 0 Å². The van der Waals surface area contributed by atoms with E-state index < -0.39 is 13.3 Å². The molecule has 1 atom stereocenters. The van der Waals surface area contributed by atoms with Gasteiger partial charge in [-0.15, -0.1) is 0 Å². The Morgan fingerprint density at radius 1 is 0.897 bits per heavy atom. The molecule has 158 valence electrons. The van der Waals surface area contributed by atoms with Crippen LogP contribution in [0.3, 0.4) is 0 Å². The van der Waals surface area contributed by atoms with Crippen molar-refractivity contribution in [2.75, 3.05) is 6.61 Å². The molecule has 0 amide bonds. The summed E-state index contributed by atoms with van der Waals surface area (Å²) in [4.78, 5) is 12.2. The lowest BCUT2D eigenvalue weighted by Crippen LogP contribution is -2.19. The zero-order chi connectivity index (χ0) is 21.0. The Morgan fingerprint density at radius 2 is 1.41 bits per heavy atom. The maximum absolute atomic E-state index is 13.9. The summed E-state index contributed by atoms with van der Waals surface area (Å²) in [6.07, 6.45) is 2.36. The Labute approximate surface area is 173 Å². The van der Waals surface area contributed by atoms with Crippen molar-refractivity contribution in [1.82, 2.24) is 0 Å². The van der Waals surface area contributed by atoms with Gasteiger partial charge in [0.1, 0.15) is 0 Å². The molecule has 0 saturated heterocycles. The van der Waals surface area contributed by atoms with E-state index in [4.69, 9.17) is 13.8 Å². The lowest BCUT2D eigenvalue weighted by molar-refractivity contribution is -0.143. The van der Waals surface area contributed by atoms with Gasteiger partial charge in [-0.25, -0.2) is 0 Å². The molecule has 0 aliphatic carbocycles. The molecule has 6 heteroatoms. The summed E-state index contributed by atoms with van der Waals surface area (Å²) in [6, 6.07) is 19.1. The van der Waals surface area contributed by atoms with Gasteiger partial charge in [-0.3, -0.25) is 9.36 Å². The number of unbranched alkanes of at least 4 members (excludes halogenated alkanes) is 1. The molecule has 0 N–H and O–H groups in total. The summed E-state index contributed by atoms with van der Waals surface area (Å²) in [5, 5.41) is 0. The van der Waals surface area contributed by atoms with E-state index in [1.807, 2.05) is 60.7 Å². The molecule has 0 spiro atoms. The summed E-state index contributed by atoms with van der Waals surface area (Å²) >= 11 is 0. The summed E-state index contributed by atoms with van der Waals surface area (Å²) in [7, 11) is -3.57. The van der Waals surface area contributed by atoms with Gasteiger partial charge in [-0.1, -0.05) is 80.4 Å². The summed E-state index contributed by atoms with van der Waals surface area (Å²) in [5.41, 5.74) is 1.27. The smallest absolute Gasteiger partial charge is 0.334 e. The van der Waals surface area contributed by atoms with Crippen molar-refractivity contribution < 1.29 is 23.1 Å². The third-order valence-corrected chi connectivity index (χ3v) is 6.87. The van der Waals surface area contributed by atoms with Crippen molar-refractivity contribution in [1.29, 1.82) is 0 Å². The standard InChI is InChI=1S/C23H31O5P/c1-3-5-16-22(17-23(24)26-4-2)29(25,27-18-20-12-8-6-9-13-20)28-19-21-14-10-7-11-15-21/h6-15,22H,3-5,16-19H2,1-2H3. The summed E-state index contributed by atoms with van der Waals surface area (Å²) in [6.45, 7) is 4.44. The minimum absolute atomic E-state index is 0.0225. The van der Waals surface area contributed by atoms with Crippen molar-refractivity contribution >= 4 is 13.6 Å². The first kappa shape index (κ1) is 23.3. The fourth-order valence-electron chi connectivity index (χ4n) is 2.95. The second kappa shape index (κ2) is 12.6. The van der Waals surface area contributed by atoms with Crippen LogP contribution in [0, 0.1) is 0 Å². The zero-order valence-electron chi connectivity index (χ0n) is 17.3. The van der Waals surface area contributed by atoms with E-state index in [0.717, 1.165) is 24.0 Å². The van der Waals surface area contributed by atoms with Gasteiger partial charge in [-0.2, -0.15) is 0 Å². The number of rotatable bonds is 13. The van der Waals surface area contributed by atoms with Crippen LogP contribution in [0.2, 0.25) is 0 Å². The lowest BCUT2D eigenvalue weighted by Gasteiger charge is -2.26. The summed E-state index contributed by atoms with van der Waals surface area (Å²) < 4.78 is 30.8. The maximum atomic E-state index is 13.9. The lowest BCUT2D eigenvalue weighted by atomic mass is 10.1. The van der Waals surface area contributed by atoms with E-state index in [9.17, 15) is 9.36 Å². The van der Waals surface area contributed by atoms with Crippen molar-refractivity contribution in [3.63, 3.8) is 0 Å². The molecule has 0 radical (unpaired) electrons. The fraction of sp³-hybridized carbons (Fsp3) is 0.435. The number of carbonyl (C=O) groups is 1. The molecule has 0 bridgehead atoms. The van der Waals surface area contributed by atoms with E-state index in [1.54, 1.807) is 6.92 Å². The van der Waals surface area contributed by atoms with Crippen LogP contribution in [0.15, 0.2) is 60.7 Å². The van der Waals surface area contributed by atoms with Crippen LogP contribution in [0.25, 0.3) is 0 Å². The van der Waals surface area contributed by atoms with Crippen LogP contribution in [0.5, 0.6) is 0 Å². The normalized spacial score (nSPS) is 12.5. The number of hydrogen-bond donors (Lipinski definition) is 0. The van der Waals surface area contributed by atoms with Crippen LogP contribution in [-0.2, 0) is 36.4 Å². The van der Waals surface area contributed by atoms with Crippen LogP contribution in [-0.4, -0.2) is 18.2 Å². The van der Waals surface area contributed by atoms with Gasteiger partial charge in [0.15, 0.2) is 0 Å². The first-order chi connectivity index (χ1) is 14.1. The highest BCUT2D eigenvalue weighted by atomic mass is 31.2. The van der Waals surface area contributed by atoms with Crippen molar-refractivity contribution in [2.45, 2.75) is 58.4 Å². The summed E-state index contributed by atoms with van der Waals surface area (Å²) in [5.74, 6) is -0.375. The monoisotopic (exact) mass is 418 g/mol. The highest BCUT2D eigenvalue weighted by molar-refractivity contribution is 7.54. The molecule has 0 saturated carbocycles. The van der Waals surface area contributed by atoms with Gasteiger partial charge in [0.2, 0.25) is 0 Å². The van der Waals surface area contributed by atoms with Gasteiger partial charge in [0.25, 0.3) is 0 Å². The third-order valence-electron chi connectivity index (χ3n) is 4.55. The molecule has 5 nitrogen and oxygen atoms in total. The predicted molar refractivity (Wildman–Crippen MR) is 115 cm³/mol. The molecule has 1 unspecified atom stereocenters. The van der Waals surface area contributed by atoms with Crippen LogP contribution in [0.4, 0.5) is 0 Å². The molecule has 29 heavy (non-hydrogen) atoms. The largest absolute Gasteiger partial charge is 0.466 e. The molecule has 0 aromatic heterocycles. The number of esters is 1. The fourth-order valence-corrected chi connectivity index (χ4v) is 4.98. The van der Waals surface area contributed by atoms with Gasteiger partial charge < -0.3 is 13.8 Å². The quantitative estimate of drug-likeness (QED) is 0.289. The molecule has 2 aromatic rings. The van der Waals surface area contributed by atoms with Crippen molar-refractivity contribution in [2.24, 2.45) is 0 Å². The Kier molecular flexibility index (Phi) is 10.1. The van der Waals surface area contributed by atoms with Gasteiger partial charge >= 0.3 is 13.6 Å².